The van der Waals surface area contributed by atoms with E-state index in [0.29, 0.717) is 24.0 Å². The van der Waals surface area contributed by atoms with Crippen LogP contribution in [0.15, 0.2) is 54.9 Å². The third-order valence-electron chi connectivity index (χ3n) is 8.48. The number of nitrogens with zero attached hydrogens (tertiary/aromatic N) is 6. The normalized spacial score (nSPS) is 20.2. The lowest BCUT2D eigenvalue weighted by molar-refractivity contribution is -0.115. The molecule has 0 aliphatic carbocycles. The van der Waals surface area contributed by atoms with E-state index in [4.69, 9.17) is 9.84 Å². The highest BCUT2D eigenvalue weighted by atomic mass is 16.5. The topological polar surface area (TPSA) is 112 Å². The van der Waals surface area contributed by atoms with Crippen molar-refractivity contribution in [1.29, 1.82) is 0 Å². The van der Waals surface area contributed by atoms with Gasteiger partial charge in [-0.25, -0.2) is 14.3 Å². The largest absolute Gasteiger partial charge is 0.356 e. The lowest BCUT2D eigenvalue weighted by atomic mass is 9.95. The van der Waals surface area contributed by atoms with E-state index in [-0.39, 0.29) is 12.1 Å². The Hall–Kier alpha value is -4.41. The molecule has 5 aromatic rings. The molecule has 8 rings (SSSR count). The second-order valence-corrected chi connectivity index (χ2v) is 11.2. The zero-order chi connectivity index (χ0) is 27.5. The van der Waals surface area contributed by atoms with Gasteiger partial charge in [-0.2, -0.15) is 5.10 Å². The standard InChI is InChI=1S/C31H30N8O2/c1-18-24-15-23(7-5-19(24)9-10-32-18)38-17-26(35-37-38)30-25-13-20(22-12-21-14-28(40)34-31(21)33-16-22)6-8-27(25)39(36-30)29-4-2-3-11-41-29/h5-8,12-13,15-18,29,32H,2-4,9-11,14H2,1H3,(H,33,34,40). The van der Waals surface area contributed by atoms with Crippen LogP contribution in [0.25, 0.3) is 39.1 Å². The van der Waals surface area contributed by atoms with E-state index in [1.165, 1.54) is 11.1 Å². The predicted molar refractivity (Wildman–Crippen MR) is 155 cm³/mol. The Morgan fingerprint density at radius 2 is 2.00 bits per heavy atom. The molecular weight excluding hydrogens is 516 g/mol. The summed E-state index contributed by atoms with van der Waals surface area (Å²) in [6.07, 6.45) is 8.12. The van der Waals surface area contributed by atoms with E-state index in [1.807, 2.05) is 27.8 Å². The number of hydrogen-bond donors (Lipinski definition) is 2. The van der Waals surface area contributed by atoms with Gasteiger partial charge in [0.2, 0.25) is 5.91 Å². The van der Waals surface area contributed by atoms with Crippen LogP contribution in [-0.2, 0) is 22.4 Å². The predicted octanol–water partition coefficient (Wildman–Crippen LogP) is 4.75. The monoisotopic (exact) mass is 546 g/mol. The zero-order valence-corrected chi connectivity index (χ0v) is 22.8. The SMILES string of the molecule is CC1NCCc2ccc(-n3cc(-c4nn(C5CCCCO5)c5ccc(-c6cnc7c(c6)CC(=O)N7)cc45)nn3)cc21. The first kappa shape index (κ1) is 24.4. The Morgan fingerprint density at radius 1 is 1.05 bits per heavy atom. The summed E-state index contributed by atoms with van der Waals surface area (Å²) < 4.78 is 9.97. The van der Waals surface area contributed by atoms with Crippen molar-refractivity contribution in [2.75, 3.05) is 18.5 Å². The Balaban J connectivity index is 1.22. The van der Waals surface area contributed by atoms with Crippen LogP contribution in [-0.4, -0.2) is 48.8 Å². The number of ether oxygens (including phenoxy) is 1. The summed E-state index contributed by atoms with van der Waals surface area (Å²) in [6, 6.07) is 15.2. The molecule has 10 heteroatoms. The molecule has 1 fully saturated rings. The van der Waals surface area contributed by atoms with Crippen LogP contribution in [0.3, 0.4) is 0 Å². The summed E-state index contributed by atoms with van der Waals surface area (Å²) in [5.41, 5.74) is 8.99. The maximum Gasteiger partial charge on any atom is 0.230 e. The number of benzene rings is 2. The Morgan fingerprint density at radius 3 is 2.90 bits per heavy atom. The van der Waals surface area contributed by atoms with Gasteiger partial charge in [-0.3, -0.25) is 4.79 Å². The van der Waals surface area contributed by atoms with Crippen molar-refractivity contribution < 1.29 is 9.53 Å². The van der Waals surface area contributed by atoms with Gasteiger partial charge >= 0.3 is 0 Å². The van der Waals surface area contributed by atoms with Gasteiger partial charge in [-0.1, -0.05) is 17.3 Å². The highest BCUT2D eigenvalue weighted by Crippen LogP contribution is 2.36. The maximum atomic E-state index is 11.9. The van der Waals surface area contributed by atoms with Crippen molar-refractivity contribution in [3.05, 3.63) is 71.5 Å². The average Bonchev–Trinajstić information content (AvgIpc) is 3.73. The molecule has 3 aromatic heterocycles. The molecule has 0 saturated carbocycles. The van der Waals surface area contributed by atoms with Gasteiger partial charge in [0.25, 0.3) is 0 Å². The summed E-state index contributed by atoms with van der Waals surface area (Å²) >= 11 is 0. The lowest BCUT2D eigenvalue weighted by Crippen LogP contribution is -2.27. The van der Waals surface area contributed by atoms with E-state index in [0.717, 1.165) is 77.8 Å². The molecule has 2 atom stereocenters. The number of anilines is 1. The van der Waals surface area contributed by atoms with Crippen molar-refractivity contribution in [3.63, 3.8) is 0 Å². The third-order valence-corrected chi connectivity index (χ3v) is 8.48. The number of amides is 1. The van der Waals surface area contributed by atoms with Gasteiger partial charge in [-0.15, -0.1) is 5.10 Å². The van der Waals surface area contributed by atoms with Gasteiger partial charge in [0, 0.05) is 35.4 Å². The van der Waals surface area contributed by atoms with E-state index < -0.39 is 0 Å². The number of pyridine rings is 1. The zero-order valence-electron chi connectivity index (χ0n) is 22.8. The summed E-state index contributed by atoms with van der Waals surface area (Å²) in [4.78, 5) is 16.4. The van der Waals surface area contributed by atoms with Crippen LogP contribution in [0.5, 0.6) is 0 Å². The van der Waals surface area contributed by atoms with Crippen LogP contribution in [0.2, 0.25) is 0 Å². The first-order valence-corrected chi connectivity index (χ1v) is 14.3. The minimum atomic E-state index is -0.116. The van der Waals surface area contributed by atoms with Crippen LogP contribution in [0.4, 0.5) is 5.82 Å². The molecule has 41 heavy (non-hydrogen) atoms. The van der Waals surface area contributed by atoms with Crippen LogP contribution in [0.1, 0.15) is 55.1 Å². The van der Waals surface area contributed by atoms with Gasteiger partial charge < -0.3 is 15.4 Å². The first-order valence-electron chi connectivity index (χ1n) is 14.3. The minimum Gasteiger partial charge on any atom is -0.356 e. The lowest BCUT2D eigenvalue weighted by Gasteiger charge is -2.24. The molecule has 10 nitrogen and oxygen atoms in total. The molecule has 3 aliphatic rings. The Bertz CT molecular complexity index is 1820. The number of fused-ring (bicyclic) bond motifs is 3. The molecule has 1 amide bonds. The highest BCUT2D eigenvalue weighted by molar-refractivity contribution is 5.99. The fourth-order valence-electron chi connectivity index (χ4n) is 6.30. The van der Waals surface area contributed by atoms with Gasteiger partial charge in [-0.05, 0) is 86.2 Å². The summed E-state index contributed by atoms with van der Waals surface area (Å²) in [5, 5.41) is 21.5. The fraction of sp³-hybridized carbons (Fsp3) is 0.323. The molecule has 0 bridgehead atoms. The van der Waals surface area contributed by atoms with Crippen molar-refractivity contribution in [2.24, 2.45) is 0 Å². The number of carbonyl (C=O) groups is 1. The fourth-order valence-corrected chi connectivity index (χ4v) is 6.30. The summed E-state index contributed by atoms with van der Waals surface area (Å²) in [6.45, 7) is 3.93. The van der Waals surface area contributed by atoms with Gasteiger partial charge in [0.05, 0.1) is 23.8 Å². The molecular formula is C31H30N8O2. The van der Waals surface area contributed by atoms with Crippen LogP contribution >= 0.6 is 0 Å². The van der Waals surface area contributed by atoms with Crippen LogP contribution in [0, 0.1) is 0 Å². The number of rotatable bonds is 4. The van der Waals surface area contributed by atoms with Crippen molar-refractivity contribution in [1.82, 2.24) is 35.1 Å². The highest BCUT2D eigenvalue weighted by Gasteiger charge is 2.25. The van der Waals surface area contributed by atoms with Gasteiger partial charge in [0.15, 0.2) is 6.23 Å². The van der Waals surface area contributed by atoms with E-state index in [9.17, 15) is 4.79 Å². The molecule has 2 unspecified atom stereocenters. The number of aromatic nitrogens is 6. The van der Waals surface area contributed by atoms with Gasteiger partial charge in [0.1, 0.15) is 17.2 Å². The second-order valence-electron chi connectivity index (χ2n) is 11.2. The van der Waals surface area contributed by atoms with Crippen LogP contribution < -0.4 is 10.6 Å². The molecule has 206 valence electrons. The third kappa shape index (κ3) is 4.22. The number of nitrogens with one attached hydrogen (secondary N) is 2. The maximum absolute atomic E-state index is 11.9. The Labute approximate surface area is 236 Å². The smallest absolute Gasteiger partial charge is 0.230 e. The molecule has 2 aromatic carbocycles. The number of hydrogen-bond acceptors (Lipinski definition) is 7. The van der Waals surface area contributed by atoms with Crippen molar-refractivity contribution >= 4 is 22.6 Å². The summed E-state index contributed by atoms with van der Waals surface area (Å²) in [5.74, 6) is 0.621. The van der Waals surface area contributed by atoms with E-state index >= 15 is 0 Å². The molecule has 6 heterocycles. The minimum absolute atomic E-state index is 0.0242. The van der Waals surface area contributed by atoms with E-state index in [2.05, 4.69) is 69.3 Å². The van der Waals surface area contributed by atoms with Crippen molar-refractivity contribution in [3.8, 4) is 28.2 Å². The Kier molecular flexibility index (Phi) is 5.71. The van der Waals surface area contributed by atoms with Crippen molar-refractivity contribution in [2.45, 2.75) is 51.3 Å². The second kappa shape index (κ2) is 9.60. The molecule has 1 saturated heterocycles. The summed E-state index contributed by atoms with van der Waals surface area (Å²) in [7, 11) is 0. The molecule has 0 radical (unpaired) electrons. The molecule has 2 N–H and O–H groups in total. The van der Waals surface area contributed by atoms with E-state index in [1.54, 1.807) is 0 Å². The molecule has 0 spiro atoms. The number of carbonyl (C=O) groups excluding carboxylic acids is 1. The average molecular weight is 547 g/mol. The molecule has 3 aliphatic heterocycles. The quantitative estimate of drug-likeness (QED) is 0.335. The first-order chi connectivity index (χ1) is 20.1.